The zero-order chi connectivity index (χ0) is 18.8. The van der Waals surface area contributed by atoms with E-state index in [4.69, 9.17) is 4.99 Å². The molecule has 1 heterocycles. The first-order chi connectivity index (χ1) is 12.7. The van der Waals surface area contributed by atoms with Gasteiger partial charge in [0.25, 0.3) is 0 Å². The van der Waals surface area contributed by atoms with Gasteiger partial charge in [-0.2, -0.15) is 0 Å². The lowest BCUT2D eigenvalue weighted by Gasteiger charge is -2.34. The second kappa shape index (κ2) is 11.2. The summed E-state index contributed by atoms with van der Waals surface area (Å²) in [5, 5.41) is 6.83. The Morgan fingerprint density at radius 3 is 2.31 bits per heavy atom. The quantitative estimate of drug-likeness (QED) is 0.553. The number of nitrogens with one attached hydrogen (secondary N) is 2. The maximum atomic E-state index is 4.82. The number of guanidine groups is 1. The fourth-order valence-electron chi connectivity index (χ4n) is 3.19. The van der Waals surface area contributed by atoms with E-state index >= 15 is 0 Å². The van der Waals surface area contributed by atoms with Gasteiger partial charge in [-0.1, -0.05) is 38.1 Å². The summed E-state index contributed by atoms with van der Waals surface area (Å²) in [4.78, 5) is 9.91. The summed E-state index contributed by atoms with van der Waals surface area (Å²) in [7, 11) is 0. The van der Waals surface area contributed by atoms with E-state index in [0.29, 0.717) is 6.04 Å². The third-order valence-electron chi connectivity index (χ3n) is 5.17. The molecular formula is C21H37N5. The van der Waals surface area contributed by atoms with Crippen LogP contribution in [0.1, 0.15) is 45.2 Å². The Morgan fingerprint density at radius 2 is 1.69 bits per heavy atom. The minimum absolute atomic E-state index is 0.429. The first-order valence-corrected chi connectivity index (χ1v) is 10.2. The average molecular weight is 360 g/mol. The average Bonchev–Trinajstić information content (AvgIpc) is 2.67. The van der Waals surface area contributed by atoms with E-state index in [0.717, 1.165) is 51.6 Å². The second-order valence-electron chi connectivity index (χ2n) is 7.13. The molecule has 0 radical (unpaired) electrons. The van der Waals surface area contributed by atoms with Crippen molar-refractivity contribution in [1.82, 2.24) is 20.4 Å². The molecule has 0 bridgehead atoms. The predicted molar refractivity (Wildman–Crippen MR) is 112 cm³/mol. The molecule has 1 fully saturated rings. The molecule has 1 aliphatic heterocycles. The number of likely N-dealkylation sites (N-methyl/N-ethyl adjacent to an activating group) is 1. The maximum Gasteiger partial charge on any atom is 0.191 e. The van der Waals surface area contributed by atoms with Crippen LogP contribution >= 0.6 is 0 Å². The minimum atomic E-state index is 0.429. The highest BCUT2D eigenvalue weighted by Crippen LogP contribution is 2.14. The highest BCUT2D eigenvalue weighted by molar-refractivity contribution is 5.80. The first-order valence-electron chi connectivity index (χ1n) is 10.2. The van der Waals surface area contributed by atoms with Gasteiger partial charge >= 0.3 is 0 Å². The van der Waals surface area contributed by atoms with Crippen LogP contribution in [0.3, 0.4) is 0 Å². The Balaban J connectivity index is 2.00. The van der Waals surface area contributed by atoms with E-state index in [1.165, 1.54) is 24.2 Å². The molecule has 2 N–H and O–H groups in total. The standard InChI is InChI=1S/C21H37N5/c1-5-18(4)24-21(22-6-2)23-16-19-10-8-9-11-20(19)17-26-14-12-25(7-3)13-15-26/h8-11,18H,5-7,12-17H2,1-4H3,(H2,22,23,24). The number of hydrogen-bond donors (Lipinski definition) is 2. The molecule has 1 aromatic rings. The van der Waals surface area contributed by atoms with E-state index in [1.54, 1.807) is 0 Å². The van der Waals surface area contributed by atoms with Gasteiger partial charge in [0.15, 0.2) is 5.96 Å². The van der Waals surface area contributed by atoms with Gasteiger partial charge < -0.3 is 15.5 Å². The molecule has 0 aromatic heterocycles. The molecule has 1 saturated heterocycles. The lowest BCUT2D eigenvalue weighted by atomic mass is 10.1. The third-order valence-corrected chi connectivity index (χ3v) is 5.17. The summed E-state index contributed by atoms with van der Waals surface area (Å²) < 4.78 is 0. The highest BCUT2D eigenvalue weighted by atomic mass is 15.3. The molecule has 0 aliphatic carbocycles. The molecule has 0 amide bonds. The van der Waals surface area contributed by atoms with Crippen LogP contribution in [0, 0.1) is 0 Å². The van der Waals surface area contributed by atoms with Crippen LogP contribution in [0.25, 0.3) is 0 Å². The molecule has 0 saturated carbocycles. The molecule has 5 heteroatoms. The van der Waals surface area contributed by atoms with Gasteiger partial charge in [0, 0.05) is 45.3 Å². The predicted octanol–water partition coefficient (Wildman–Crippen LogP) is 2.68. The van der Waals surface area contributed by atoms with Crippen molar-refractivity contribution in [3.63, 3.8) is 0 Å². The highest BCUT2D eigenvalue weighted by Gasteiger charge is 2.16. The van der Waals surface area contributed by atoms with Gasteiger partial charge in [-0.25, -0.2) is 4.99 Å². The molecule has 1 unspecified atom stereocenters. The monoisotopic (exact) mass is 359 g/mol. The van der Waals surface area contributed by atoms with Crippen molar-refractivity contribution >= 4 is 5.96 Å². The Hall–Kier alpha value is -1.59. The van der Waals surface area contributed by atoms with Crippen molar-refractivity contribution in [2.75, 3.05) is 39.3 Å². The molecule has 1 atom stereocenters. The van der Waals surface area contributed by atoms with Gasteiger partial charge in [0.1, 0.15) is 0 Å². The van der Waals surface area contributed by atoms with Crippen molar-refractivity contribution in [3.05, 3.63) is 35.4 Å². The molecule has 2 rings (SSSR count). The Bertz CT molecular complexity index is 549. The summed E-state index contributed by atoms with van der Waals surface area (Å²) in [5.74, 6) is 0.910. The molecule has 26 heavy (non-hydrogen) atoms. The fraction of sp³-hybridized carbons (Fsp3) is 0.667. The molecule has 146 valence electrons. The number of rotatable bonds is 8. The summed E-state index contributed by atoms with van der Waals surface area (Å²) in [5.41, 5.74) is 2.73. The lowest BCUT2D eigenvalue weighted by Crippen LogP contribution is -2.45. The SMILES string of the molecule is CCNC(=NCc1ccccc1CN1CCN(CC)CC1)NC(C)CC. The van der Waals surface area contributed by atoms with Crippen LogP contribution in [0.4, 0.5) is 0 Å². The van der Waals surface area contributed by atoms with Gasteiger partial charge in [-0.15, -0.1) is 0 Å². The van der Waals surface area contributed by atoms with Crippen molar-refractivity contribution in [1.29, 1.82) is 0 Å². The summed E-state index contributed by atoms with van der Waals surface area (Å²) >= 11 is 0. The van der Waals surface area contributed by atoms with Crippen LogP contribution in [0.2, 0.25) is 0 Å². The number of benzene rings is 1. The smallest absolute Gasteiger partial charge is 0.191 e. The van der Waals surface area contributed by atoms with Crippen LogP contribution in [-0.4, -0.2) is 61.1 Å². The van der Waals surface area contributed by atoms with Crippen LogP contribution < -0.4 is 10.6 Å². The van der Waals surface area contributed by atoms with Gasteiger partial charge in [-0.05, 0) is 37.9 Å². The zero-order valence-electron chi connectivity index (χ0n) is 17.1. The van der Waals surface area contributed by atoms with Gasteiger partial charge in [0.05, 0.1) is 6.54 Å². The number of nitrogens with zero attached hydrogens (tertiary/aromatic N) is 3. The van der Waals surface area contributed by atoms with Crippen LogP contribution in [0.15, 0.2) is 29.3 Å². The second-order valence-corrected chi connectivity index (χ2v) is 7.13. The lowest BCUT2D eigenvalue weighted by molar-refractivity contribution is 0.131. The third kappa shape index (κ3) is 6.61. The Labute approximate surface area is 159 Å². The van der Waals surface area contributed by atoms with Crippen LogP contribution in [-0.2, 0) is 13.1 Å². The van der Waals surface area contributed by atoms with Gasteiger partial charge in [0.2, 0.25) is 0 Å². The number of aliphatic imine (C=N–C) groups is 1. The molecule has 1 aliphatic rings. The summed E-state index contributed by atoms with van der Waals surface area (Å²) in [6.45, 7) is 17.2. The van der Waals surface area contributed by atoms with Crippen molar-refractivity contribution in [3.8, 4) is 0 Å². The fourth-order valence-corrected chi connectivity index (χ4v) is 3.19. The van der Waals surface area contributed by atoms with Crippen molar-refractivity contribution in [2.45, 2.75) is 53.2 Å². The summed E-state index contributed by atoms with van der Waals surface area (Å²) in [6.07, 6.45) is 1.09. The van der Waals surface area contributed by atoms with E-state index in [2.05, 4.69) is 72.4 Å². The van der Waals surface area contributed by atoms with Crippen molar-refractivity contribution in [2.24, 2.45) is 4.99 Å². The number of hydrogen-bond acceptors (Lipinski definition) is 3. The van der Waals surface area contributed by atoms with Crippen molar-refractivity contribution < 1.29 is 0 Å². The molecule has 0 spiro atoms. The first kappa shape index (κ1) is 20.7. The zero-order valence-corrected chi connectivity index (χ0v) is 17.1. The molecular weight excluding hydrogens is 322 g/mol. The van der Waals surface area contributed by atoms with E-state index < -0.39 is 0 Å². The molecule has 5 nitrogen and oxygen atoms in total. The van der Waals surface area contributed by atoms with Gasteiger partial charge in [-0.3, -0.25) is 4.90 Å². The Kier molecular flexibility index (Phi) is 8.92. The largest absolute Gasteiger partial charge is 0.357 e. The maximum absolute atomic E-state index is 4.82. The van der Waals surface area contributed by atoms with E-state index in [-0.39, 0.29) is 0 Å². The normalized spacial score (nSPS) is 17.9. The number of piperazine rings is 1. The van der Waals surface area contributed by atoms with E-state index in [1.807, 2.05) is 0 Å². The minimum Gasteiger partial charge on any atom is -0.357 e. The summed E-state index contributed by atoms with van der Waals surface area (Å²) in [6, 6.07) is 9.17. The topological polar surface area (TPSA) is 42.9 Å². The van der Waals surface area contributed by atoms with E-state index in [9.17, 15) is 0 Å². The Morgan fingerprint density at radius 1 is 1.04 bits per heavy atom. The molecule has 1 aromatic carbocycles. The van der Waals surface area contributed by atoms with Crippen LogP contribution in [0.5, 0.6) is 0 Å².